The number of halogens is 1. The van der Waals surface area contributed by atoms with E-state index < -0.39 is 5.92 Å². The summed E-state index contributed by atoms with van der Waals surface area (Å²) in [5, 5.41) is 6.01. The Hall–Kier alpha value is -2.69. The van der Waals surface area contributed by atoms with E-state index in [-0.39, 0.29) is 30.1 Å². The zero-order valence-electron chi connectivity index (χ0n) is 15.1. The highest BCUT2D eigenvalue weighted by Gasteiger charge is 2.34. The third-order valence-electron chi connectivity index (χ3n) is 5.71. The van der Waals surface area contributed by atoms with Crippen molar-refractivity contribution in [2.75, 3.05) is 5.32 Å². The van der Waals surface area contributed by atoms with E-state index in [1.807, 2.05) is 24.3 Å². The summed E-state index contributed by atoms with van der Waals surface area (Å²) >= 11 is 0. The van der Waals surface area contributed by atoms with Gasteiger partial charge in [0, 0.05) is 12.1 Å². The van der Waals surface area contributed by atoms with Crippen molar-refractivity contribution in [2.24, 2.45) is 5.92 Å². The first-order chi connectivity index (χ1) is 13.1. The van der Waals surface area contributed by atoms with Crippen LogP contribution in [0.5, 0.6) is 0 Å². The minimum absolute atomic E-state index is 0.140. The number of nitrogens with one attached hydrogen (secondary N) is 2. The van der Waals surface area contributed by atoms with E-state index in [1.54, 1.807) is 12.1 Å². The van der Waals surface area contributed by atoms with Gasteiger partial charge in [-0.3, -0.25) is 9.59 Å². The van der Waals surface area contributed by atoms with Gasteiger partial charge in [0.1, 0.15) is 5.82 Å². The summed E-state index contributed by atoms with van der Waals surface area (Å²) in [5.74, 6) is -0.730. The minimum atomic E-state index is -0.501. The monoisotopic (exact) mass is 366 g/mol. The van der Waals surface area contributed by atoms with Gasteiger partial charge in [-0.1, -0.05) is 43.2 Å². The molecule has 4 nitrogen and oxygen atoms in total. The Bertz CT molecular complexity index is 844. The van der Waals surface area contributed by atoms with Gasteiger partial charge in [0.05, 0.1) is 12.0 Å². The molecule has 0 aromatic heterocycles. The molecule has 27 heavy (non-hydrogen) atoms. The van der Waals surface area contributed by atoms with Crippen molar-refractivity contribution < 1.29 is 14.0 Å². The number of carbonyl (C=O) groups is 2. The smallest absolute Gasteiger partial charge is 0.228 e. The van der Waals surface area contributed by atoms with Gasteiger partial charge in [0.15, 0.2) is 0 Å². The topological polar surface area (TPSA) is 58.2 Å². The number of benzene rings is 2. The molecule has 0 spiro atoms. The predicted octanol–water partition coefficient (Wildman–Crippen LogP) is 4.30. The molecule has 2 aromatic rings. The summed E-state index contributed by atoms with van der Waals surface area (Å²) in [6, 6.07) is 13.7. The fourth-order valence-corrected chi connectivity index (χ4v) is 4.33. The summed E-state index contributed by atoms with van der Waals surface area (Å²) < 4.78 is 13.4. The number of fused-ring (bicyclic) bond motifs is 1. The molecule has 0 unspecified atom stereocenters. The molecule has 1 fully saturated rings. The van der Waals surface area contributed by atoms with Crippen molar-refractivity contribution in [1.29, 1.82) is 0 Å². The summed E-state index contributed by atoms with van der Waals surface area (Å²) in [6.07, 6.45) is 4.53. The molecule has 1 aliphatic carbocycles. The molecule has 5 heteroatoms. The van der Waals surface area contributed by atoms with Crippen LogP contribution in [0.4, 0.5) is 10.1 Å². The lowest BCUT2D eigenvalue weighted by molar-refractivity contribution is -0.127. The van der Waals surface area contributed by atoms with Crippen molar-refractivity contribution in [1.82, 2.24) is 5.32 Å². The average molecular weight is 366 g/mol. The molecule has 1 saturated carbocycles. The van der Waals surface area contributed by atoms with E-state index in [9.17, 15) is 14.0 Å². The maximum absolute atomic E-state index is 13.4. The molecule has 1 heterocycles. The summed E-state index contributed by atoms with van der Waals surface area (Å²) in [4.78, 5) is 25.2. The lowest BCUT2D eigenvalue weighted by Crippen LogP contribution is -2.39. The van der Waals surface area contributed by atoms with Crippen LogP contribution in [0.15, 0.2) is 48.5 Å². The maximum Gasteiger partial charge on any atom is 0.228 e. The number of carbonyl (C=O) groups excluding carboxylic acids is 2. The van der Waals surface area contributed by atoms with Crippen LogP contribution in [-0.2, 0) is 9.59 Å². The number of rotatable bonds is 4. The predicted molar refractivity (Wildman–Crippen MR) is 102 cm³/mol. The third-order valence-corrected chi connectivity index (χ3v) is 5.71. The number of anilines is 1. The van der Waals surface area contributed by atoms with E-state index in [1.165, 1.54) is 12.1 Å². The Balaban J connectivity index is 1.60. The average Bonchev–Trinajstić information content (AvgIpc) is 3.20. The summed E-state index contributed by atoms with van der Waals surface area (Å²) in [6.45, 7) is 0. The molecule has 140 valence electrons. The Morgan fingerprint density at radius 3 is 2.52 bits per heavy atom. The zero-order valence-corrected chi connectivity index (χ0v) is 15.1. The highest BCUT2D eigenvalue weighted by molar-refractivity contribution is 6.01. The molecule has 2 atom stereocenters. The number of para-hydroxylation sites is 1. The Kier molecular flexibility index (Phi) is 4.92. The first-order valence-corrected chi connectivity index (χ1v) is 9.56. The molecule has 0 saturated heterocycles. The number of amides is 2. The van der Waals surface area contributed by atoms with Crippen LogP contribution in [0.1, 0.15) is 55.2 Å². The van der Waals surface area contributed by atoms with Gasteiger partial charge in [0.25, 0.3) is 0 Å². The van der Waals surface area contributed by atoms with E-state index >= 15 is 0 Å². The largest absolute Gasteiger partial charge is 0.348 e. The second kappa shape index (κ2) is 7.51. The minimum Gasteiger partial charge on any atom is -0.348 e. The van der Waals surface area contributed by atoms with Gasteiger partial charge in [-0.25, -0.2) is 4.39 Å². The summed E-state index contributed by atoms with van der Waals surface area (Å²) in [7, 11) is 0. The molecule has 0 radical (unpaired) electrons. The van der Waals surface area contributed by atoms with Crippen molar-refractivity contribution in [3.63, 3.8) is 0 Å². The molecule has 0 bridgehead atoms. The van der Waals surface area contributed by atoms with E-state index in [2.05, 4.69) is 10.6 Å². The molecule has 1 aliphatic heterocycles. The molecule has 2 aromatic carbocycles. The van der Waals surface area contributed by atoms with Crippen molar-refractivity contribution in [3.05, 3.63) is 65.5 Å². The lowest BCUT2D eigenvalue weighted by atomic mass is 9.87. The van der Waals surface area contributed by atoms with Crippen molar-refractivity contribution in [3.8, 4) is 0 Å². The summed E-state index contributed by atoms with van der Waals surface area (Å²) in [5.41, 5.74) is 2.47. The van der Waals surface area contributed by atoms with Gasteiger partial charge < -0.3 is 10.6 Å². The fourth-order valence-electron chi connectivity index (χ4n) is 4.33. The molecular formula is C22H23FN2O2. The van der Waals surface area contributed by atoms with Gasteiger partial charge in [-0.15, -0.1) is 0 Å². The van der Waals surface area contributed by atoms with Crippen LogP contribution < -0.4 is 10.6 Å². The molecular weight excluding hydrogens is 343 g/mol. The van der Waals surface area contributed by atoms with Crippen LogP contribution in [0.3, 0.4) is 0 Å². The highest BCUT2D eigenvalue weighted by atomic mass is 19.1. The van der Waals surface area contributed by atoms with Crippen LogP contribution in [0.2, 0.25) is 0 Å². The van der Waals surface area contributed by atoms with Gasteiger partial charge in [0.2, 0.25) is 11.8 Å². The Labute approximate surface area is 158 Å². The SMILES string of the molecule is O=C1C[C@@H](C(=O)N[C@H](c2ccc(F)cc2)C2CCCC2)c2ccccc2N1. The standard InChI is InChI=1S/C22H23FN2O2/c23-16-11-9-15(10-12-16)21(14-5-1-2-6-14)25-22(27)18-13-20(26)24-19-8-4-3-7-17(18)19/h3-4,7-12,14,18,21H,1-2,5-6,13H2,(H,24,26)(H,25,27)/t18-,21+/m1/s1. The molecule has 2 N–H and O–H groups in total. The highest BCUT2D eigenvalue weighted by Crippen LogP contribution is 2.38. The lowest BCUT2D eigenvalue weighted by Gasteiger charge is -2.30. The maximum atomic E-state index is 13.4. The van der Waals surface area contributed by atoms with E-state index in [0.29, 0.717) is 11.6 Å². The van der Waals surface area contributed by atoms with Crippen LogP contribution >= 0.6 is 0 Å². The number of hydrogen-bond acceptors (Lipinski definition) is 2. The zero-order chi connectivity index (χ0) is 18.8. The van der Waals surface area contributed by atoms with E-state index in [4.69, 9.17) is 0 Å². The van der Waals surface area contributed by atoms with Crippen LogP contribution in [0, 0.1) is 11.7 Å². The fraction of sp³-hybridized carbons (Fsp3) is 0.364. The second-order valence-corrected chi connectivity index (χ2v) is 7.47. The normalized spacial score (nSPS) is 20.6. The van der Waals surface area contributed by atoms with Gasteiger partial charge in [-0.2, -0.15) is 0 Å². The first kappa shape index (κ1) is 17.7. The Morgan fingerprint density at radius 1 is 1.07 bits per heavy atom. The van der Waals surface area contributed by atoms with Crippen molar-refractivity contribution in [2.45, 2.75) is 44.1 Å². The quantitative estimate of drug-likeness (QED) is 0.848. The molecule has 2 amide bonds. The Morgan fingerprint density at radius 2 is 1.78 bits per heavy atom. The van der Waals surface area contributed by atoms with Crippen LogP contribution in [0.25, 0.3) is 0 Å². The van der Waals surface area contributed by atoms with Gasteiger partial charge >= 0.3 is 0 Å². The van der Waals surface area contributed by atoms with E-state index in [0.717, 1.165) is 36.8 Å². The second-order valence-electron chi connectivity index (χ2n) is 7.47. The first-order valence-electron chi connectivity index (χ1n) is 9.56. The number of hydrogen-bond donors (Lipinski definition) is 2. The third kappa shape index (κ3) is 3.72. The van der Waals surface area contributed by atoms with Gasteiger partial charge in [-0.05, 0) is 48.1 Å². The van der Waals surface area contributed by atoms with Crippen molar-refractivity contribution >= 4 is 17.5 Å². The van der Waals surface area contributed by atoms with Crippen LogP contribution in [-0.4, -0.2) is 11.8 Å². The molecule has 4 rings (SSSR count). The molecule has 2 aliphatic rings.